The Labute approximate surface area is 356 Å². The largest absolute Gasteiger partial charge is 0.341 e. The van der Waals surface area contributed by atoms with Crippen LogP contribution in [0.1, 0.15) is 96.2 Å². The van der Waals surface area contributed by atoms with Crippen molar-refractivity contribution in [1.82, 2.24) is 35.1 Å². The van der Waals surface area contributed by atoms with Crippen LogP contribution in [0.3, 0.4) is 0 Å². The topological polar surface area (TPSA) is 139 Å². The monoisotopic (exact) mass is 831 g/mol. The SMILES string of the molecule is O=C(NC(C(=O)N1CCC(CC2CCN(CC(=O)N3CCN(C(=O)c4cc(Cc5n[nH]c(=O)c6ccccc56)ccc4F)CC3)CC2)CC1)C1CCCCC1)c1ccccc1. The molecule has 322 valence electrons. The standard InChI is InChI=1S/C48H58FN7O5/c49-41-16-15-35(31-42-38-13-7-8-14-39(38)46(59)52-51-42)30-40(41)47(60)56-27-25-54(26-28-56)43(57)32-53-21-17-33(18-22-53)29-34-19-23-55(24-20-34)48(61)44(36-9-3-1-4-10-36)50-45(58)37-11-5-2-6-12-37/h2,5-8,11-16,30,33-34,36,44H,1,3-4,9-10,17-29,31-32H2,(H,50,58)(H,52,59). The first-order chi connectivity index (χ1) is 29.7. The predicted molar refractivity (Wildman–Crippen MR) is 231 cm³/mol. The van der Waals surface area contributed by atoms with Gasteiger partial charge in [0.2, 0.25) is 11.8 Å². The molecule has 3 saturated heterocycles. The second-order valence-electron chi connectivity index (χ2n) is 17.6. The molecular formula is C48H58FN7O5. The van der Waals surface area contributed by atoms with Gasteiger partial charge in [-0.1, -0.05) is 61.7 Å². The van der Waals surface area contributed by atoms with Crippen molar-refractivity contribution in [2.75, 3.05) is 58.9 Å². The van der Waals surface area contributed by atoms with E-state index in [2.05, 4.69) is 20.4 Å². The van der Waals surface area contributed by atoms with E-state index in [9.17, 15) is 24.0 Å². The Balaban J connectivity index is 0.761. The van der Waals surface area contributed by atoms with Gasteiger partial charge in [0.05, 0.1) is 23.2 Å². The summed E-state index contributed by atoms with van der Waals surface area (Å²) < 4.78 is 15.0. The van der Waals surface area contributed by atoms with Gasteiger partial charge in [0.15, 0.2) is 0 Å². The summed E-state index contributed by atoms with van der Waals surface area (Å²) in [4.78, 5) is 74.0. The lowest BCUT2D eigenvalue weighted by Crippen LogP contribution is -2.54. The number of hydrogen-bond donors (Lipinski definition) is 2. The third-order valence-corrected chi connectivity index (χ3v) is 13.7. The number of carbonyl (C=O) groups is 4. The highest BCUT2D eigenvalue weighted by atomic mass is 19.1. The molecule has 3 aromatic carbocycles. The number of rotatable bonds is 11. The minimum atomic E-state index is -0.597. The summed E-state index contributed by atoms with van der Waals surface area (Å²) in [6.07, 6.45) is 10.8. The highest BCUT2D eigenvalue weighted by Gasteiger charge is 2.36. The van der Waals surface area contributed by atoms with Crippen LogP contribution in [0.2, 0.25) is 0 Å². The maximum absolute atomic E-state index is 15.0. The molecule has 1 aliphatic carbocycles. The maximum atomic E-state index is 15.0. The number of aromatic amines is 1. The molecule has 1 aromatic heterocycles. The minimum absolute atomic E-state index is 0.0132. The molecule has 1 unspecified atom stereocenters. The van der Waals surface area contributed by atoms with E-state index in [1.165, 1.54) is 12.5 Å². The Bertz CT molecular complexity index is 2240. The summed E-state index contributed by atoms with van der Waals surface area (Å²) in [6.45, 7) is 5.02. The first kappa shape index (κ1) is 42.3. The Morgan fingerprint density at radius 3 is 2.07 bits per heavy atom. The number of piperidine rings is 2. The van der Waals surface area contributed by atoms with Crippen molar-refractivity contribution < 1.29 is 23.6 Å². The number of carbonyl (C=O) groups excluding carboxylic acids is 4. The van der Waals surface area contributed by atoms with E-state index in [-0.39, 0.29) is 34.8 Å². The average molecular weight is 832 g/mol. The zero-order valence-electron chi connectivity index (χ0n) is 35.0. The molecule has 4 aromatic rings. The molecule has 61 heavy (non-hydrogen) atoms. The van der Waals surface area contributed by atoms with E-state index in [0.29, 0.717) is 78.6 Å². The van der Waals surface area contributed by atoms with Gasteiger partial charge in [-0.15, -0.1) is 0 Å². The fraction of sp³-hybridized carbons (Fsp3) is 0.500. The number of benzene rings is 3. The summed E-state index contributed by atoms with van der Waals surface area (Å²) in [7, 11) is 0. The number of fused-ring (bicyclic) bond motifs is 1. The molecule has 4 amide bonds. The summed E-state index contributed by atoms with van der Waals surface area (Å²) in [5.74, 6) is 0.305. The zero-order chi connectivity index (χ0) is 42.3. The number of nitrogens with zero attached hydrogens (tertiary/aromatic N) is 5. The summed E-state index contributed by atoms with van der Waals surface area (Å²) >= 11 is 0. The first-order valence-corrected chi connectivity index (χ1v) is 22.4. The number of hydrogen-bond acceptors (Lipinski definition) is 7. The summed E-state index contributed by atoms with van der Waals surface area (Å²) in [6, 6.07) is 20.4. The molecule has 4 aliphatic rings. The maximum Gasteiger partial charge on any atom is 0.272 e. The van der Waals surface area contributed by atoms with Gasteiger partial charge in [-0.3, -0.25) is 28.9 Å². The van der Waals surface area contributed by atoms with Crippen LogP contribution in [0.15, 0.2) is 77.6 Å². The van der Waals surface area contributed by atoms with Crippen molar-refractivity contribution in [1.29, 1.82) is 0 Å². The molecule has 0 spiro atoms. The van der Waals surface area contributed by atoms with Crippen molar-refractivity contribution in [3.8, 4) is 0 Å². The Kier molecular flexibility index (Phi) is 13.5. The van der Waals surface area contributed by atoms with Gasteiger partial charge in [0.1, 0.15) is 11.9 Å². The molecule has 4 heterocycles. The van der Waals surface area contributed by atoms with Gasteiger partial charge >= 0.3 is 0 Å². The number of amides is 4. The normalized spacial score (nSPS) is 19.2. The van der Waals surface area contributed by atoms with Crippen LogP contribution >= 0.6 is 0 Å². The van der Waals surface area contributed by atoms with Crippen LogP contribution in [0.25, 0.3) is 10.8 Å². The summed E-state index contributed by atoms with van der Waals surface area (Å²) in [5, 5.41) is 11.1. The van der Waals surface area contributed by atoms with Crippen LogP contribution in [0.5, 0.6) is 0 Å². The molecule has 1 saturated carbocycles. The van der Waals surface area contributed by atoms with Gasteiger partial charge in [-0.25, -0.2) is 9.49 Å². The number of halogens is 1. The van der Waals surface area contributed by atoms with Crippen molar-refractivity contribution in [2.24, 2.45) is 17.8 Å². The molecule has 4 fully saturated rings. The quantitative estimate of drug-likeness (QED) is 0.199. The van der Waals surface area contributed by atoms with E-state index >= 15 is 4.39 Å². The second kappa shape index (κ2) is 19.5. The van der Waals surface area contributed by atoms with E-state index in [1.54, 1.807) is 41.3 Å². The van der Waals surface area contributed by atoms with Crippen LogP contribution in [0, 0.1) is 23.6 Å². The van der Waals surface area contributed by atoms with Crippen molar-refractivity contribution in [3.63, 3.8) is 0 Å². The van der Waals surface area contributed by atoms with E-state index in [1.807, 2.05) is 40.1 Å². The van der Waals surface area contributed by atoms with Gasteiger partial charge in [0.25, 0.3) is 17.4 Å². The number of piperazine rings is 1. The van der Waals surface area contributed by atoms with E-state index in [4.69, 9.17) is 0 Å². The Morgan fingerprint density at radius 1 is 0.721 bits per heavy atom. The lowest BCUT2D eigenvalue weighted by atomic mass is 9.81. The smallest absolute Gasteiger partial charge is 0.272 e. The van der Waals surface area contributed by atoms with Crippen LogP contribution in [0.4, 0.5) is 4.39 Å². The van der Waals surface area contributed by atoms with Gasteiger partial charge in [-0.2, -0.15) is 5.10 Å². The van der Waals surface area contributed by atoms with Crippen LogP contribution in [-0.2, 0) is 16.0 Å². The van der Waals surface area contributed by atoms with Crippen molar-refractivity contribution in [2.45, 2.75) is 76.7 Å². The average Bonchev–Trinajstić information content (AvgIpc) is 3.31. The molecule has 2 N–H and O–H groups in total. The molecule has 1 atom stereocenters. The lowest BCUT2D eigenvalue weighted by molar-refractivity contribution is -0.136. The highest BCUT2D eigenvalue weighted by molar-refractivity contribution is 5.98. The number of aromatic nitrogens is 2. The zero-order valence-corrected chi connectivity index (χ0v) is 35.0. The van der Waals surface area contributed by atoms with Gasteiger partial charge < -0.3 is 20.0 Å². The molecule has 8 rings (SSSR count). The first-order valence-electron chi connectivity index (χ1n) is 22.4. The molecular weight excluding hydrogens is 774 g/mol. The summed E-state index contributed by atoms with van der Waals surface area (Å²) in [5.41, 5.74) is 1.63. The highest BCUT2D eigenvalue weighted by Crippen LogP contribution is 2.32. The molecule has 12 nitrogen and oxygen atoms in total. The van der Waals surface area contributed by atoms with E-state index < -0.39 is 17.8 Å². The van der Waals surface area contributed by atoms with Gasteiger partial charge in [0, 0.05) is 56.6 Å². The third-order valence-electron chi connectivity index (χ3n) is 13.7. The Morgan fingerprint density at radius 2 is 1.36 bits per heavy atom. The number of nitrogens with one attached hydrogen (secondary N) is 2. The van der Waals surface area contributed by atoms with Gasteiger partial charge in [-0.05, 0) is 112 Å². The number of likely N-dealkylation sites (tertiary alicyclic amines) is 2. The molecule has 0 radical (unpaired) electrons. The fourth-order valence-corrected chi connectivity index (χ4v) is 10.1. The van der Waals surface area contributed by atoms with Crippen LogP contribution < -0.4 is 10.9 Å². The van der Waals surface area contributed by atoms with Crippen molar-refractivity contribution >= 4 is 34.4 Å². The van der Waals surface area contributed by atoms with E-state index in [0.717, 1.165) is 84.0 Å². The Hall–Kier alpha value is -5.43. The fourth-order valence-electron chi connectivity index (χ4n) is 10.1. The molecule has 13 heteroatoms. The minimum Gasteiger partial charge on any atom is -0.341 e. The predicted octanol–water partition coefficient (Wildman–Crippen LogP) is 5.66. The van der Waals surface area contributed by atoms with Crippen molar-refractivity contribution in [3.05, 3.63) is 111 Å². The van der Waals surface area contributed by atoms with Crippen LogP contribution in [-0.4, -0.2) is 118 Å². The third kappa shape index (κ3) is 10.2. The molecule has 0 bridgehead atoms. The number of H-pyrrole nitrogens is 1. The molecule has 3 aliphatic heterocycles. The second-order valence-corrected chi connectivity index (χ2v) is 17.6. The lowest BCUT2D eigenvalue weighted by Gasteiger charge is -2.39.